The quantitative estimate of drug-likeness (QED) is 0.398. The summed E-state index contributed by atoms with van der Waals surface area (Å²) in [5.41, 5.74) is 7.01. The van der Waals surface area contributed by atoms with Gasteiger partial charge in [-0.05, 0) is 98.9 Å². The van der Waals surface area contributed by atoms with Gasteiger partial charge in [-0.2, -0.15) is 0 Å². The fraction of sp³-hybridized carbons (Fsp3) is 0.296. The minimum absolute atomic E-state index is 0.0670. The molecule has 4 rings (SSSR count). The summed E-state index contributed by atoms with van der Waals surface area (Å²) in [5, 5.41) is 2.77. The van der Waals surface area contributed by atoms with E-state index in [0.29, 0.717) is 5.69 Å². The van der Waals surface area contributed by atoms with Crippen molar-refractivity contribution in [2.75, 3.05) is 16.8 Å². The van der Waals surface area contributed by atoms with Gasteiger partial charge in [0.15, 0.2) is 5.11 Å². The molecule has 1 N–H and O–H groups in total. The number of likely N-dealkylation sites (N-methyl/N-ethyl adjacent to an activating group) is 1. The molecule has 2 aliphatic rings. The van der Waals surface area contributed by atoms with Gasteiger partial charge in [-0.3, -0.25) is 19.8 Å². The van der Waals surface area contributed by atoms with E-state index in [9.17, 15) is 9.59 Å². The van der Waals surface area contributed by atoms with E-state index in [1.54, 1.807) is 6.08 Å². The Morgan fingerprint density at radius 1 is 1.09 bits per heavy atom. The van der Waals surface area contributed by atoms with Crippen LogP contribution in [0.15, 0.2) is 48.0 Å². The summed E-state index contributed by atoms with van der Waals surface area (Å²) >= 11 is 5.33. The van der Waals surface area contributed by atoms with Crippen molar-refractivity contribution in [2.24, 2.45) is 0 Å². The second-order valence-electron chi connectivity index (χ2n) is 9.24. The molecule has 1 saturated heterocycles. The zero-order valence-corrected chi connectivity index (χ0v) is 20.8. The van der Waals surface area contributed by atoms with Gasteiger partial charge in [-0.15, -0.1) is 0 Å². The molecule has 2 aromatic rings. The summed E-state index contributed by atoms with van der Waals surface area (Å²) in [6.07, 6.45) is 4.81. The second-order valence-corrected chi connectivity index (χ2v) is 9.63. The molecule has 6 heteroatoms. The maximum atomic E-state index is 13.4. The topological polar surface area (TPSA) is 52.7 Å². The summed E-state index contributed by atoms with van der Waals surface area (Å²) in [5.74, 6) is -0.898. The molecule has 0 atom stereocenters. The Labute approximate surface area is 200 Å². The third-order valence-electron chi connectivity index (χ3n) is 6.61. The number of fused-ring (bicyclic) bond motifs is 1. The Kier molecular flexibility index (Phi) is 5.74. The summed E-state index contributed by atoms with van der Waals surface area (Å²) in [7, 11) is 2.08. The van der Waals surface area contributed by atoms with E-state index in [2.05, 4.69) is 63.2 Å². The molecule has 33 heavy (non-hydrogen) atoms. The number of hydrogen-bond acceptors (Lipinski definition) is 4. The molecule has 2 aliphatic heterocycles. The molecule has 1 fully saturated rings. The molecular formula is C27H29N3O2S. The Hall–Kier alpha value is -3.25. The van der Waals surface area contributed by atoms with Gasteiger partial charge < -0.3 is 4.90 Å². The molecule has 0 unspecified atom stereocenters. The van der Waals surface area contributed by atoms with Crippen LogP contribution in [0.2, 0.25) is 0 Å². The van der Waals surface area contributed by atoms with Crippen LogP contribution in [0.5, 0.6) is 0 Å². The number of anilines is 2. The standard InChI is InChI=1S/C27H29N3O2S/c1-7-18-8-10-20(11-9-18)30-25(32)22(24(31)28-26(30)33)14-19-13-21-17(3)15-27(4,5)29(6)23(21)12-16(19)2/h8-15H,7H2,1-6H3,(H,28,31,33)/b22-14+. The lowest BCUT2D eigenvalue weighted by Gasteiger charge is -2.41. The van der Waals surface area contributed by atoms with Gasteiger partial charge in [0.2, 0.25) is 0 Å². The Morgan fingerprint density at radius 2 is 1.76 bits per heavy atom. The Balaban J connectivity index is 1.76. The molecular weight excluding hydrogens is 430 g/mol. The Morgan fingerprint density at radius 3 is 2.39 bits per heavy atom. The minimum Gasteiger partial charge on any atom is -0.365 e. The van der Waals surface area contributed by atoms with Gasteiger partial charge in [0.25, 0.3) is 11.8 Å². The Bertz CT molecular complexity index is 1240. The number of nitrogens with one attached hydrogen (secondary N) is 1. The molecule has 170 valence electrons. The monoisotopic (exact) mass is 459 g/mol. The van der Waals surface area contributed by atoms with Crippen molar-refractivity contribution in [2.45, 2.75) is 46.6 Å². The first-order chi connectivity index (χ1) is 15.5. The van der Waals surface area contributed by atoms with Crippen molar-refractivity contribution in [3.8, 4) is 0 Å². The number of hydrogen-bond donors (Lipinski definition) is 1. The van der Waals surface area contributed by atoms with Crippen LogP contribution in [0, 0.1) is 6.92 Å². The smallest absolute Gasteiger partial charge is 0.270 e. The molecule has 0 bridgehead atoms. The zero-order valence-electron chi connectivity index (χ0n) is 19.9. The van der Waals surface area contributed by atoms with E-state index < -0.39 is 11.8 Å². The minimum atomic E-state index is -0.478. The number of carbonyl (C=O) groups excluding carboxylic acids is 2. The first-order valence-electron chi connectivity index (χ1n) is 11.1. The van der Waals surface area contributed by atoms with Crippen molar-refractivity contribution in [3.63, 3.8) is 0 Å². The lowest BCUT2D eigenvalue weighted by Crippen LogP contribution is -2.54. The number of carbonyl (C=O) groups is 2. The van der Waals surface area contributed by atoms with Crippen LogP contribution in [-0.4, -0.2) is 29.5 Å². The van der Waals surface area contributed by atoms with Gasteiger partial charge in [-0.1, -0.05) is 25.1 Å². The first-order valence-corrected chi connectivity index (χ1v) is 11.5. The summed E-state index contributed by atoms with van der Waals surface area (Å²) in [4.78, 5) is 29.8. The lowest BCUT2D eigenvalue weighted by atomic mass is 9.87. The van der Waals surface area contributed by atoms with E-state index in [4.69, 9.17) is 12.2 Å². The average Bonchev–Trinajstić information content (AvgIpc) is 2.75. The molecule has 0 radical (unpaired) electrons. The molecule has 5 nitrogen and oxygen atoms in total. The molecule has 0 saturated carbocycles. The van der Waals surface area contributed by atoms with E-state index in [1.807, 2.05) is 31.2 Å². The van der Waals surface area contributed by atoms with Crippen LogP contribution in [0.3, 0.4) is 0 Å². The molecule has 2 heterocycles. The lowest BCUT2D eigenvalue weighted by molar-refractivity contribution is -0.122. The van der Waals surface area contributed by atoms with Gasteiger partial charge in [-0.25, -0.2) is 0 Å². The van der Waals surface area contributed by atoms with Gasteiger partial charge in [0.1, 0.15) is 5.57 Å². The van der Waals surface area contributed by atoms with E-state index >= 15 is 0 Å². The maximum Gasteiger partial charge on any atom is 0.270 e. The fourth-order valence-corrected chi connectivity index (χ4v) is 4.68. The third-order valence-corrected chi connectivity index (χ3v) is 6.89. The van der Waals surface area contributed by atoms with Gasteiger partial charge in [0, 0.05) is 18.3 Å². The third kappa shape index (κ3) is 4.00. The molecule has 2 aromatic carbocycles. The zero-order chi connectivity index (χ0) is 24.1. The number of benzene rings is 2. The van der Waals surface area contributed by atoms with Crippen LogP contribution in [0.4, 0.5) is 11.4 Å². The van der Waals surface area contributed by atoms with Crippen molar-refractivity contribution in [3.05, 3.63) is 70.3 Å². The largest absolute Gasteiger partial charge is 0.365 e. The van der Waals surface area contributed by atoms with Crippen LogP contribution in [0.1, 0.15) is 49.9 Å². The number of amides is 2. The highest BCUT2D eigenvalue weighted by molar-refractivity contribution is 7.80. The van der Waals surface area contributed by atoms with E-state index in [0.717, 1.165) is 34.4 Å². The second kappa shape index (κ2) is 8.27. The number of aryl methyl sites for hydroxylation is 2. The summed E-state index contributed by atoms with van der Waals surface area (Å²) in [6, 6.07) is 11.8. The van der Waals surface area contributed by atoms with Crippen molar-refractivity contribution in [1.82, 2.24) is 5.32 Å². The molecule has 0 aromatic heterocycles. The highest BCUT2D eigenvalue weighted by atomic mass is 32.1. The average molecular weight is 460 g/mol. The number of rotatable bonds is 3. The van der Waals surface area contributed by atoms with E-state index in [1.165, 1.54) is 10.5 Å². The van der Waals surface area contributed by atoms with Crippen LogP contribution in [0.25, 0.3) is 11.6 Å². The SMILES string of the molecule is CCc1ccc(N2C(=O)/C(=C/c3cc4c(cc3C)N(C)C(C)(C)C=C4C)C(=O)NC2=S)cc1. The highest BCUT2D eigenvalue weighted by Gasteiger charge is 2.35. The number of allylic oxidation sites excluding steroid dienone is 1. The maximum absolute atomic E-state index is 13.4. The van der Waals surface area contributed by atoms with E-state index in [-0.39, 0.29) is 16.2 Å². The normalized spacial score (nSPS) is 18.9. The summed E-state index contributed by atoms with van der Waals surface area (Å²) in [6.45, 7) is 10.5. The first kappa shape index (κ1) is 22.9. The van der Waals surface area contributed by atoms with Gasteiger partial charge >= 0.3 is 0 Å². The predicted octanol–water partition coefficient (Wildman–Crippen LogP) is 5.02. The van der Waals surface area contributed by atoms with Crippen LogP contribution >= 0.6 is 12.2 Å². The predicted molar refractivity (Wildman–Crippen MR) is 139 cm³/mol. The molecule has 0 spiro atoms. The van der Waals surface area contributed by atoms with Crippen LogP contribution in [-0.2, 0) is 16.0 Å². The highest BCUT2D eigenvalue weighted by Crippen LogP contribution is 2.39. The van der Waals surface area contributed by atoms with Crippen molar-refractivity contribution in [1.29, 1.82) is 0 Å². The molecule has 2 amide bonds. The fourth-order valence-electron chi connectivity index (χ4n) is 4.40. The number of nitrogens with zero attached hydrogens (tertiary/aromatic N) is 2. The van der Waals surface area contributed by atoms with Crippen molar-refractivity contribution >= 4 is 52.2 Å². The van der Waals surface area contributed by atoms with Crippen molar-refractivity contribution < 1.29 is 9.59 Å². The molecule has 0 aliphatic carbocycles. The van der Waals surface area contributed by atoms with Crippen LogP contribution < -0.4 is 15.1 Å². The summed E-state index contributed by atoms with van der Waals surface area (Å²) < 4.78 is 0. The van der Waals surface area contributed by atoms with Gasteiger partial charge in [0.05, 0.1) is 11.2 Å². The number of thiocarbonyl (C=S) groups is 1.